The summed E-state index contributed by atoms with van der Waals surface area (Å²) < 4.78 is 0. The summed E-state index contributed by atoms with van der Waals surface area (Å²) >= 11 is 3.68. The van der Waals surface area contributed by atoms with Crippen LogP contribution in [-0.2, 0) is 0 Å². The lowest BCUT2D eigenvalue weighted by molar-refractivity contribution is 0.109. The van der Waals surface area contributed by atoms with E-state index in [9.17, 15) is 4.79 Å². The number of carbonyl (C=O) groups is 1. The molecule has 0 aliphatic carbocycles. The van der Waals surface area contributed by atoms with Crippen molar-refractivity contribution in [1.29, 1.82) is 0 Å². The fourth-order valence-electron chi connectivity index (χ4n) is 0.696. The van der Waals surface area contributed by atoms with Crippen LogP contribution >= 0.6 is 12.6 Å². The van der Waals surface area contributed by atoms with Gasteiger partial charge in [0.05, 0.1) is 0 Å². The summed E-state index contributed by atoms with van der Waals surface area (Å²) in [5.41, 5.74) is 1.80. The van der Waals surface area contributed by atoms with Gasteiger partial charge in [-0.2, -0.15) is 0 Å². The number of thiol groups is 1. The van der Waals surface area contributed by atoms with Gasteiger partial charge in [0.15, 0.2) is 0 Å². The first-order valence-electron chi connectivity index (χ1n) is 3.00. The molecule has 0 radical (unpaired) electrons. The maximum Gasteiger partial charge on any atom is 0.216 e. The van der Waals surface area contributed by atoms with E-state index >= 15 is 0 Å². The molecule has 0 aliphatic heterocycles. The van der Waals surface area contributed by atoms with E-state index in [0.29, 0.717) is 5.56 Å². The molecule has 0 amide bonds. The second-order valence-electron chi connectivity index (χ2n) is 2.17. The zero-order valence-electron chi connectivity index (χ0n) is 5.66. The lowest BCUT2D eigenvalue weighted by Crippen LogP contribution is -1.86. The molecule has 0 fully saturated rings. The Morgan fingerprint density at radius 2 is 1.80 bits per heavy atom. The first-order valence-corrected chi connectivity index (χ1v) is 3.45. The molecule has 0 saturated heterocycles. The van der Waals surface area contributed by atoms with E-state index in [0.717, 1.165) is 5.56 Å². The van der Waals surface area contributed by atoms with Crippen molar-refractivity contribution in [2.24, 2.45) is 0 Å². The predicted molar refractivity (Wildman–Crippen MR) is 44.5 cm³/mol. The molecule has 10 heavy (non-hydrogen) atoms. The molecule has 0 saturated carbocycles. The van der Waals surface area contributed by atoms with Gasteiger partial charge in [-0.05, 0) is 6.92 Å². The molecule has 0 unspecified atom stereocenters. The third-order valence-electron chi connectivity index (χ3n) is 1.30. The summed E-state index contributed by atoms with van der Waals surface area (Å²) in [6.07, 6.45) is 0. The molecule has 0 spiro atoms. The zero-order valence-corrected chi connectivity index (χ0v) is 6.56. The number of aryl methyl sites for hydroxylation is 1. The van der Waals surface area contributed by atoms with Crippen LogP contribution in [0, 0.1) is 6.92 Å². The number of carbonyl (C=O) groups excluding carboxylic acids is 1. The Morgan fingerprint density at radius 1 is 1.30 bits per heavy atom. The molecule has 52 valence electrons. The molecule has 0 N–H and O–H groups in total. The third kappa shape index (κ3) is 1.61. The minimum Gasteiger partial charge on any atom is -0.282 e. The largest absolute Gasteiger partial charge is 0.282 e. The van der Waals surface area contributed by atoms with Crippen molar-refractivity contribution in [1.82, 2.24) is 0 Å². The number of rotatable bonds is 1. The Bertz CT molecular complexity index is 238. The topological polar surface area (TPSA) is 17.1 Å². The van der Waals surface area contributed by atoms with Crippen LogP contribution in [0.3, 0.4) is 0 Å². The fraction of sp³-hybridized carbons (Fsp3) is 0.125. The van der Waals surface area contributed by atoms with Crippen LogP contribution < -0.4 is 0 Å². The number of hydrogen-bond acceptors (Lipinski definition) is 1. The maximum atomic E-state index is 10.6. The Labute approximate surface area is 65.5 Å². The van der Waals surface area contributed by atoms with E-state index in [4.69, 9.17) is 0 Å². The summed E-state index contributed by atoms with van der Waals surface area (Å²) in [5, 5.41) is -0.181. The predicted octanol–water partition coefficient (Wildman–Crippen LogP) is 2.07. The molecule has 0 aromatic heterocycles. The molecule has 0 bridgehead atoms. The molecule has 1 aromatic carbocycles. The quantitative estimate of drug-likeness (QED) is 0.609. The first-order chi connectivity index (χ1) is 4.70. The van der Waals surface area contributed by atoms with Gasteiger partial charge < -0.3 is 0 Å². The van der Waals surface area contributed by atoms with Crippen LogP contribution in [0.1, 0.15) is 15.9 Å². The summed E-state index contributed by atoms with van der Waals surface area (Å²) in [6.45, 7) is 1.98. The van der Waals surface area contributed by atoms with Gasteiger partial charge in [0.25, 0.3) is 0 Å². The Kier molecular flexibility index (Phi) is 2.12. The highest BCUT2D eigenvalue weighted by Crippen LogP contribution is 2.04. The zero-order chi connectivity index (χ0) is 7.56. The Morgan fingerprint density at radius 3 is 2.20 bits per heavy atom. The summed E-state index contributed by atoms with van der Waals surface area (Å²) in [7, 11) is 0. The van der Waals surface area contributed by atoms with Crippen LogP contribution in [0.2, 0.25) is 0 Å². The first kappa shape index (κ1) is 7.35. The minimum absolute atomic E-state index is 0.181. The molecule has 0 heterocycles. The molecule has 1 rings (SSSR count). The summed E-state index contributed by atoms with van der Waals surface area (Å²) in [4.78, 5) is 10.6. The van der Waals surface area contributed by atoms with E-state index in [1.54, 1.807) is 12.1 Å². The van der Waals surface area contributed by atoms with Crippen LogP contribution in [0.5, 0.6) is 0 Å². The van der Waals surface area contributed by atoms with Crippen molar-refractivity contribution in [3.8, 4) is 0 Å². The standard InChI is InChI=1S/C8H8OS/c1-6-2-4-7(5-3-6)8(9)10/h2-5H,1H3,(H,9,10). The van der Waals surface area contributed by atoms with Gasteiger partial charge in [0.2, 0.25) is 5.12 Å². The normalized spacial score (nSPS) is 9.40. The Balaban J connectivity index is 3.00. The van der Waals surface area contributed by atoms with Gasteiger partial charge in [-0.25, -0.2) is 0 Å². The van der Waals surface area contributed by atoms with Gasteiger partial charge in [-0.1, -0.05) is 29.8 Å². The molecular formula is C8H8OS. The molecular weight excluding hydrogens is 144 g/mol. The smallest absolute Gasteiger partial charge is 0.216 e. The van der Waals surface area contributed by atoms with Crippen molar-refractivity contribution >= 4 is 17.7 Å². The van der Waals surface area contributed by atoms with Crippen LogP contribution in [0.25, 0.3) is 0 Å². The molecule has 1 aromatic rings. The van der Waals surface area contributed by atoms with Crippen molar-refractivity contribution in [2.45, 2.75) is 6.92 Å². The van der Waals surface area contributed by atoms with Crippen molar-refractivity contribution in [3.63, 3.8) is 0 Å². The third-order valence-corrected chi connectivity index (χ3v) is 1.56. The highest BCUT2D eigenvalue weighted by Gasteiger charge is 1.96. The summed E-state index contributed by atoms with van der Waals surface area (Å²) in [5.74, 6) is 0. The Hall–Kier alpha value is -0.760. The van der Waals surface area contributed by atoms with E-state index < -0.39 is 0 Å². The molecule has 2 heteroatoms. The average Bonchev–Trinajstić information content (AvgIpc) is 1.88. The second kappa shape index (κ2) is 2.88. The number of benzene rings is 1. The molecule has 0 atom stereocenters. The lowest BCUT2D eigenvalue weighted by Gasteiger charge is -1.93. The van der Waals surface area contributed by atoms with Gasteiger partial charge in [0.1, 0.15) is 0 Å². The molecule has 1 nitrogen and oxygen atoms in total. The van der Waals surface area contributed by atoms with Gasteiger partial charge in [-0.15, -0.1) is 12.6 Å². The second-order valence-corrected chi connectivity index (χ2v) is 2.58. The average molecular weight is 152 g/mol. The van der Waals surface area contributed by atoms with Crippen LogP contribution in [-0.4, -0.2) is 5.12 Å². The minimum atomic E-state index is -0.181. The van der Waals surface area contributed by atoms with Crippen molar-refractivity contribution in [2.75, 3.05) is 0 Å². The monoisotopic (exact) mass is 152 g/mol. The van der Waals surface area contributed by atoms with Crippen molar-refractivity contribution < 1.29 is 4.79 Å². The molecule has 0 aliphatic rings. The van der Waals surface area contributed by atoms with Crippen LogP contribution in [0.4, 0.5) is 0 Å². The van der Waals surface area contributed by atoms with Crippen LogP contribution in [0.15, 0.2) is 24.3 Å². The fourth-order valence-corrected chi connectivity index (χ4v) is 0.845. The SMILES string of the molecule is Cc1ccc(C(=O)S)cc1. The highest BCUT2D eigenvalue weighted by molar-refractivity contribution is 7.97. The summed E-state index contributed by atoms with van der Waals surface area (Å²) in [6, 6.07) is 7.32. The van der Waals surface area contributed by atoms with E-state index in [1.807, 2.05) is 19.1 Å². The van der Waals surface area contributed by atoms with E-state index in [-0.39, 0.29) is 5.12 Å². The maximum absolute atomic E-state index is 10.6. The van der Waals surface area contributed by atoms with Gasteiger partial charge in [-0.3, -0.25) is 4.79 Å². The van der Waals surface area contributed by atoms with E-state index in [1.165, 1.54) is 0 Å². The lowest BCUT2D eigenvalue weighted by atomic mass is 10.2. The van der Waals surface area contributed by atoms with E-state index in [2.05, 4.69) is 12.6 Å². The van der Waals surface area contributed by atoms with Crippen molar-refractivity contribution in [3.05, 3.63) is 35.4 Å². The highest BCUT2D eigenvalue weighted by atomic mass is 32.1. The van der Waals surface area contributed by atoms with Gasteiger partial charge in [0, 0.05) is 5.56 Å². The number of hydrogen-bond donors (Lipinski definition) is 1. The van der Waals surface area contributed by atoms with Gasteiger partial charge >= 0.3 is 0 Å².